The second kappa shape index (κ2) is 9.55. The molecule has 4 amide bonds. The maximum Gasteiger partial charge on any atom is 0.276 e. The molecule has 9 rings (SSSR count). The number of nitrogens with one attached hydrogen (secondary N) is 4. The zero-order valence-corrected chi connectivity index (χ0v) is 25.9. The number of rotatable bonds is 2. The van der Waals surface area contributed by atoms with E-state index >= 15 is 0 Å². The van der Waals surface area contributed by atoms with E-state index in [0.717, 1.165) is 11.1 Å². The van der Waals surface area contributed by atoms with Gasteiger partial charge in [-0.25, -0.2) is 0 Å². The van der Waals surface area contributed by atoms with Crippen LogP contribution in [0.15, 0.2) is 109 Å². The van der Waals surface area contributed by atoms with Crippen LogP contribution >= 0.6 is 0 Å². The zero-order chi connectivity index (χ0) is 32.9. The van der Waals surface area contributed by atoms with Crippen LogP contribution < -0.4 is 31.1 Å². The van der Waals surface area contributed by atoms with Gasteiger partial charge >= 0.3 is 0 Å². The predicted molar refractivity (Wildman–Crippen MR) is 183 cm³/mol. The van der Waals surface area contributed by atoms with E-state index in [2.05, 4.69) is 21.3 Å². The number of nitrogens with zero attached hydrogens (tertiary/aromatic N) is 2. The third-order valence-electron chi connectivity index (χ3n) is 9.67. The van der Waals surface area contributed by atoms with Crippen molar-refractivity contribution in [2.75, 3.05) is 31.1 Å². The highest BCUT2D eigenvalue weighted by Gasteiger charge is 2.59. The Labute approximate surface area is 275 Å². The summed E-state index contributed by atoms with van der Waals surface area (Å²) in [6, 6.07) is 32.3. The molecule has 4 aliphatic heterocycles. The summed E-state index contributed by atoms with van der Waals surface area (Å²) in [4.78, 5) is 59.7. The highest BCUT2D eigenvalue weighted by Crippen LogP contribution is 2.50. The van der Waals surface area contributed by atoms with Crippen LogP contribution in [-0.2, 0) is 20.9 Å². The van der Waals surface area contributed by atoms with Gasteiger partial charge in [0.15, 0.2) is 0 Å². The van der Waals surface area contributed by atoms with Gasteiger partial charge in [0.1, 0.15) is 0 Å². The number of fused-ring (bicyclic) bond motifs is 6. The monoisotopic (exact) mass is 632 g/mol. The maximum absolute atomic E-state index is 14.4. The van der Waals surface area contributed by atoms with E-state index in [1.807, 2.05) is 62.4 Å². The number of amides is 4. The van der Waals surface area contributed by atoms with Crippen LogP contribution in [0.4, 0.5) is 34.1 Å². The molecule has 5 aromatic carbocycles. The summed E-state index contributed by atoms with van der Waals surface area (Å²) in [6.45, 7) is 3.87. The standard InChI is InChI=1S/C38H28N6O4/c1-21-11-17-31-27(19-21)37(35(47)39-31)41-29-9-5-3-7-25(29)33(45)43(37)23-13-15-24(16-14-23)44-34(46)26-8-4-6-10-30(26)42-38(44)28-20-22(2)12-18-32(28)40-36(38)48/h3-20,41-42H,1-2H3,(H,39,47)(H,40,48). The lowest BCUT2D eigenvalue weighted by molar-refractivity contribution is -0.120. The van der Waals surface area contributed by atoms with E-state index in [1.165, 1.54) is 9.80 Å². The van der Waals surface area contributed by atoms with Crippen LogP contribution in [-0.4, -0.2) is 23.6 Å². The van der Waals surface area contributed by atoms with Gasteiger partial charge in [0.25, 0.3) is 23.6 Å². The first-order valence-corrected chi connectivity index (χ1v) is 15.6. The average Bonchev–Trinajstić information content (AvgIpc) is 3.50. The number of carbonyl (C=O) groups excluding carboxylic acids is 4. The Balaban J connectivity index is 1.22. The molecule has 0 radical (unpaired) electrons. The quantitative estimate of drug-likeness (QED) is 0.188. The number of anilines is 6. The first kappa shape index (κ1) is 27.9. The molecule has 2 atom stereocenters. The molecular formula is C38H28N6O4. The molecule has 4 heterocycles. The molecular weight excluding hydrogens is 604 g/mol. The minimum atomic E-state index is -1.57. The third-order valence-corrected chi connectivity index (χ3v) is 9.67. The van der Waals surface area contributed by atoms with Crippen molar-refractivity contribution in [3.8, 4) is 0 Å². The Bertz CT molecular complexity index is 2120. The highest BCUT2D eigenvalue weighted by molar-refractivity contribution is 6.23. The van der Waals surface area contributed by atoms with Gasteiger partial charge in [-0.05, 0) is 86.6 Å². The molecule has 2 unspecified atom stereocenters. The summed E-state index contributed by atoms with van der Waals surface area (Å²) in [7, 11) is 0. The van der Waals surface area contributed by atoms with Crippen LogP contribution in [0.25, 0.3) is 0 Å². The Morgan fingerprint density at radius 1 is 0.479 bits per heavy atom. The summed E-state index contributed by atoms with van der Waals surface area (Å²) in [5.74, 6) is -1.50. The average molecular weight is 633 g/mol. The number of benzene rings is 5. The Morgan fingerprint density at radius 3 is 1.29 bits per heavy atom. The number of carbonyl (C=O) groups is 4. The third kappa shape index (κ3) is 3.51. The second-order valence-corrected chi connectivity index (χ2v) is 12.6. The van der Waals surface area contributed by atoms with Crippen molar-refractivity contribution in [3.05, 3.63) is 143 Å². The van der Waals surface area contributed by atoms with Crippen molar-refractivity contribution in [1.29, 1.82) is 0 Å². The summed E-state index contributed by atoms with van der Waals surface area (Å²) in [5, 5.41) is 12.7. The van der Waals surface area contributed by atoms with E-state index in [4.69, 9.17) is 0 Å². The SMILES string of the molecule is Cc1ccc2c(c1)C1(Nc3ccccc3C(=O)N1c1ccc(N3C(=O)c4ccccc4NC34C(=O)Nc3ccc(C)cc34)cc1)C(=O)N2. The van der Waals surface area contributed by atoms with E-state index in [0.29, 0.717) is 56.4 Å². The van der Waals surface area contributed by atoms with Gasteiger partial charge in [-0.3, -0.25) is 29.0 Å². The molecule has 0 saturated heterocycles. The van der Waals surface area contributed by atoms with Crippen molar-refractivity contribution in [3.63, 3.8) is 0 Å². The van der Waals surface area contributed by atoms with Crippen LogP contribution in [0, 0.1) is 13.8 Å². The minimum Gasteiger partial charge on any atom is -0.350 e. The first-order valence-electron chi connectivity index (χ1n) is 15.6. The summed E-state index contributed by atoms with van der Waals surface area (Å²) in [6.07, 6.45) is 0. The van der Waals surface area contributed by atoms with Crippen LogP contribution in [0.2, 0.25) is 0 Å². The molecule has 2 spiro atoms. The van der Waals surface area contributed by atoms with Crippen molar-refractivity contribution in [2.24, 2.45) is 0 Å². The number of para-hydroxylation sites is 2. The number of aryl methyl sites for hydroxylation is 2. The molecule has 0 aromatic heterocycles. The van der Waals surface area contributed by atoms with Gasteiger partial charge < -0.3 is 21.3 Å². The van der Waals surface area contributed by atoms with Gasteiger partial charge in [0.05, 0.1) is 11.1 Å². The normalized spacial score (nSPS) is 21.6. The van der Waals surface area contributed by atoms with E-state index in [9.17, 15) is 19.2 Å². The molecule has 0 saturated carbocycles. The van der Waals surface area contributed by atoms with Gasteiger partial charge in [0, 0.05) is 45.3 Å². The van der Waals surface area contributed by atoms with Gasteiger partial charge in [-0.15, -0.1) is 0 Å². The molecule has 10 heteroatoms. The molecule has 0 fully saturated rings. The van der Waals surface area contributed by atoms with Crippen molar-refractivity contribution < 1.29 is 19.2 Å². The molecule has 4 N–H and O–H groups in total. The Hall–Kier alpha value is -6.42. The Kier molecular flexibility index (Phi) is 5.54. The van der Waals surface area contributed by atoms with Crippen LogP contribution in [0.5, 0.6) is 0 Å². The Morgan fingerprint density at radius 2 is 0.875 bits per heavy atom. The number of hydrogen-bond acceptors (Lipinski definition) is 6. The summed E-state index contributed by atoms with van der Waals surface area (Å²) in [5.41, 5.74) is 3.97. The lowest BCUT2D eigenvalue weighted by Crippen LogP contribution is -2.62. The molecule has 5 aromatic rings. The van der Waals surface area contributed by atoms with E-state index in [-0.39, 0.29) is 11.8 Å². The molecule has 0 aliphatic carbocycles. The molecule has 0 bridgehead atoms. The maximum atomic E-state index is 14.4. The fraction of sp³-hybridized carbons (Fsp3) is 0.105. The van der Waals surface area contributed by atoms with Crippen molar-refractivity contribution in [1.82, 2.24) is 0 Å². The van der Waals surface area contributed by atoms with E-state index in [1.54, 1.807) is 60.7 Å². The molecule has 48 heavy (non-hydrogen) atoms. The second-order valence-electron chi connectivity index (χ2n) is 12.6. The first-order chi connectivity index (χ1) is 23.2. The number of hydrogen-bond donors (Lipinski definition) is 4. The van der Waals surface area contributed by atoms with Gasteiger partial charge in [-0.2, -0.15) is 0 Å². The van der Waals surface area contributed by atoms with Crippen LogP contribution in [0.1, 0.15) is 43.0 Å². The van der Waals surface area contributed by atoms with Gasteiger partial charge in [0.2, 0.25) is 11.3 Å². The lowest BCUT2D eigenvalue weighted by Gasteiger charge is -2.45. The predicted octanol–water partition coefficient (Wildman–Crippen LogP) is 6.06. The highest BCUT2D eigenvalue weighted by atomic mass is 16.2. The van der Waals surface area contributed by atoms with Gasteiger partial charge in [-0.1, -0.05) is 47.5 Å². The largest absolute Gasteiger partial charge is 0.350 e. The molecule has 10 nitrogen and oxygen atoms in total. The summed E-state index contributed by atoms with van der Waals surface area (Å²) < 4.78 is 0. The topological polar surface area (TPSA) is 123 Å². The van der Waals surface area contributed by atoms with Crippen molar-refractivity contribution in [2.45, 2.75) is 25.2 Å². The van der Waals surface area contributed by atoms with Crippen molar-refractivity contribution >= 4 is 57.8 Å². The fourth-order valence-electron chi connectivity index (χ4n) is 7.47. The minimum absolute atomic E-state index is 0.359. The summed E-state index contributed by atoms with van der Waals surface area (Å²) >= 11 is 0. The molecule has 4 aliphatic rings. The fourth-order valence-corrected chi connectivity index (χ4v) is 7.47. The smallest absolute Gasteiger partial charge is 0.276 e. The van der Waals surface area contributed by atoms with Crippen LogP contribution in [0.3, 0.4) is 0 Å². The lowest BCUT2D eigenvalue weighted by atomic mass is 9.90. The molecule has 234 valence electrons. The van der Waals surface area contributed by atoms with E-state index < -0.39 is 23.1 Å². The zero-order valence-electron chi connectivity index (χ0n) is 25.9.